The maximum atomic E-state index is 12.0. The van der Waals surface area contributed by atoms with Gasteiger partial charge in [0, 0.05) is 32.4 Å². The molecule has 0 aliphatic carbocycles. The van der Waals surface area contributed by atoms with Crippen LogP contribution in [0, 0.1) is 0 Å². The molecule has 7 heteroatoms. The maximum Gasteiger partial charge on any atom is 0.246 e. The van der Waals surface area contributed by atoms with Crippen LogP contribution in [0.25, 0.3) is 0 Å². The van der Waals surface area contributed by atoms with Crippen LogP contribution in [0.2, 0.25) is 0 Å². The van der Waals surface area contributed by atoms with Crippen molar-refractivity contribution in [3.8, 4) is 0 Å². The maximum absolute atomic E-state index is 12.0. The van der Waals surface area contributed by atoms with Crippen molar-refractivity contribution in [3.63, 3.8) is 0 Å². The molecule has 1 aliphatic heterocycles. The predicted octanol–water partition coefficient (Wildman–Crippen LogP) is -0.858. The van der Waals surface area contributed by atoms with Crippen LogP contribution in [0.15, 0.2) is 17.3 Å². The van der Waals surface area contributed by atoms with E-state index in [-0.39, 0.29) is 10.9 Å². The molecular weight excluding hydrogens is 216 g/mol. The van der Waals surface area contributed by atoms with E-state index in [2.05, 4.69) is 5.10 Å². The van der Waals surface area contributed by atoms with E-state index in [4.69, 9.17) is 5.73 Å². The third-order valence-electron chi connectivity index (χ3n) is 2.51. The molecule has 1 unspecified atom stereocenters. The molecule has 1 saturated heterocycles. The molecule has 0 spiro atoms. The molecule has 0 aromatic carbocycles. The summed E-state index contributed by atoms with van der Waals surface area (Å²) in [6, 6.07) is -0.0450. The molecule has 2 rings (SSSR count). The summed E-state index contributed by atoms with van der Waals surface area (Å²) < 4.78 is 26.9. The van der Waals surface area contributed by atoms with Gasteiger partial charge in [0.05, 0.1) is 6.20 Å². The van der Waals surface area contributed by atoms with Crippen molar-refractivity contribution in [2.45, 2.75) is 17.4 Å². The zero-order valence-corrected chi connectivity index (χ0v) is 9.31. The van der Waals surface area contributed by atoms with Crippen molar-refractivity contribution in [2.75, 3.05) is 13.1 Å². The number of nitrogens with two attached hydrogens (primary N) is 1. The van der Waals surface area contributed by atoms with Crippen LogP contribution >= 0.6 is 0 Å². The first-order valence-corrected chi connectivity index (χ1v) is 6.18. The number of aryl methyl sites for hydroxylation is 1. The smallest absolute Gasteiger partial charge is 0.246 e. The lowest BCUT2D eigenvalue weighted by atomic mass is 10.3. The van der Waals surface area contributed by atoms with Crippen molar-refractivity contribution < 1.29 is 8.42 Å². The highest BCUT2D eigenvalue weighted by atomic mass is 32.2. The number of sulfonamides is 1. The van der Waals surface area contributed by atoms with Gasteiger partial charge in [0.2, 0.25) is 10.0 Å². The number of aromatic nitrogens is 2. The minimum absolute atomic E-state index is 0.0450. The second-order valence-electron chi connectivity index (χ2n) is 3.76. The highest BCUT2D eigenvalue weighted by Gasteiger charge is 2.31. The molecule has 84 valence electrons. The van der Waals surface area contributed by atoms with E-state index in [0.29, 0.717) is 13.1 Å². The van der Waals surface area contributed by atoms with E-state index in [1.807, 2.05) is 0 Å². The molecule has 1 fully saturated rings. The van der Waals surface area contributed by atoms with E-state index < -0.39 is 10.0 Å². The molecular formula is C8H14N4O2S. The van der Waals surface area contributed by atoms with Crippen LogP contribution in [0.1, 0.15) is 6.42 Å². The van der Waals surface area contributed by atoms with E-state index in [0.717, 1.165) is 6.42 Å². The van der Waals surface area contributed by atoms with Crippen LogP contribution in [0.4, 0.5) is 0 Å². The van der Waals surface area contributed by atoms with Gasteiger partial charge in [0.15, 0.2) is 0 Å². The van der Waals surface area contributed by atoms with Crippen molar-refractivity contribution in [2.24, 2.45) is 12.8 Å². The first-order valence-electron chi connectivity index (χ1n) is 4.74. The lowest BCUT2D eigenvalue weighted by Gasteiger charge is -2.13. The number of rotatable bonds is 2. The molecule has 0 amide bonds. The largest absolute Gasteiger partial charge is 0.326 e. The highest BCUT2D eigenvalue weighted by molar-refractivity contribution is 7.89. The Bertz CT molecular complexity index is 453. The molecule has 15 heavy (non-hydrogen) atoms. The van der Waals surface area contributed by atoms with Gasteiger partial charge in [-0.3, -0.25) is 4.68 Å². The fourth-order valence-electron chi connectivity index (χ4n) is 1.65. The summed E-state index contributed by atoms with van der Waals surface area (Å²) in [7, 11) is -1.69. The van der Waals surface area contributed by atoms with Crippen LogP contribution in [-0.2, 0) is 17.1 Å². The topological polar surface area (TPSA) is 81.2 Å². The van der Waals surface area contributed by atoms with Gasteiger partial charge in [0.25, 0.3) is 0 Å². The first kappa shape index (κ1) is 10.6. The lowest BCUT2D eigenvalue weighted by Crippen LogP contribution is -2.31. The number of nitrogens with zero attached hydrogens (tertiary/aromatic N) is 3. The van der Waals surface area contributed by atoms with Gasteiger partial charge in [-0.25, -0.2) is 8.42 Å². The number of hydrogen-bond acceptors (Lipinski definition) is 4. The van der Waals surface area contributed by atoms with Crippen molar-refractivity contribution >= 4 is 10.0 Å². The molecule has 1 atom stereocenters. The Labute approximate surface area is 88.7 Å². The second kappa shape index (κ2) is 3.58. The Morgan fingerprint density at radius 3 is 2.80 bits per heavy atom. The Balaban J connectivity index is 2.27. The van der Waals surface area contributed by atoms with Crippen molar-refractivity contribution in [1.29, 1.82) is 0 Å². The van der Waals surface area contributed by atoms with Gasteiger partial charge >= 0.3 is 0 Å². The fourth-order valence-corrected chi connectivity index (χ4v) is 3.15. The molecule has 2 heterocycles. The molecule has 6 nitrogen and oxygen atoms in total. The van der Waals surface area contributed by atoms with Gasteiger partial charge in [-0.1, -0.05) is 0 Å². The van der Waals surface area contributed by atoms with Crippen molar-refractivity contribution in [1.82, 2.24) is 14.1 Å². The zero-order valence-electron chi connectivity index (χ0n) is 8.50. The molecule has 2 N–H and O–H groups in total. The molecule has 1 aromatic rings. The molecule has 0 bridgehead atoms. The summed E-state index contributed by atoms with van der Waals surface area (Å²) in [5.41, 5.74) is 5.68. The van der Waals surface area contributed by atoms with Crippen LogP contribution < -0.4 is 5.73 Å². The first-order chi connectivity index (χ1) is 7.00. The van der Waals surface area contributed by atoms with E-state index in [1.54, 1.807) is 7.05 Å². The standard InChI is InChI=1S/C8H14N4O2S/c1-11-6-8(4-10-11)15(13,14)12-3-2-7(9)5-12/h4,6-7H,2-3,5,9H2,1H3. The third kappa shape index (κ3) is 1.90. The Hall–Kier alpha value is -0.920. The quantitative estimate of drug-likeness (QED) is 0.717. The minimum atomic E-state index is -3.38. The fraction of sp³-hybridized carbons (Fsp3) is 0.625. The highest BCUT2D eigenvalue weighted by Crippen LogP contribution is 2.19. The van der Waals surface area contributed by atoms with Crippen molar-refractivity contribution in [3.05, 3.63) is 12.4 Å². The van der Waals surface area contributed by atoms with Crippen LogP contribution in [0.5, 0.6) is 0 Å². The van der Waals surface area contributed by atoms with E-state index in [9.17, 15) is 8.42 Å². The van der Waals surface area contributed by atoms with Crippen LogP contribution in [-0.4, -0.2) is 41.6 Å². The minimum Gasteiger partial charge on any atom is -0.326 e. The second-order valence-corrected chi connectivity index (χ2v) is 5.70. The van der Waals surface area contributed by atoms with Gasteiger partial charge in [-0.15, -0.1) is 0 Å². The lowest BCUT2D eigenvalue weighted by molar-refractivity contribution is 0.472. The molecule has 1 aromatic heterocycles. The van der Waals surface area contributed by atoms with Gasteiger partial charge in [0.1, 0.15) is 4.90 Å². The molecule has 0 radical (unpaired) electrons. The Morgan fingerprint density at radius 1 is 1.60 bits per heavy atom. The third-order valence-corrected chi connectivity index (χ3v) is 4.32. The van der Waals surface area contributed by atoms with Gasteiger partial charge in [-0.05, 0) is 6.42 Å². The van der Waals surface area contributed by atoms with Gasteiger partial charge < -0.3 is 5.73 Å². The summed E-state index contributed by atoms with van der Waals surface area (Å²) >= 11 is 0. The normalized spacial score (nSPS) is 23.5. The van der Waals surface area contributed by atoms with E-state index >= 15 is 0 Å². The monoisotopic (exact) mass is 230 g/mol. The zero-order chi connectivity index (χ0) is 11.1. The Kier molecular flexibility index (Phi) is 2.53. The summed E-state index contributed by atoms with van der Waals surface area (Å²) in [6.07, 6.45) is 3.58. The van der Waals surface area contributed by atoms with E-state index in [1.165, 1.54) is 21.4 Å². The summed E-state index contributed by atoms with van der Waals surface area (Å²) in [4.78, 5) is 0.235. The summed E-state index contributed by atoms with van der Waals surface area (Å²) in [5.74, 6) is 0. The number of hydrogen-bond donors (Lipinski definition) is 1. The summed E-state index contributed by atoms with van der Waals surface area (Å²) in [6.45, 7) is 0.898. The SMILES string of the molecule is Cn1cc(S(=O)(=O)N2CCC(N)C2)cn1. The predicted molar refractivity (Wildman–Crippen MR) is 54.6 cm³/mol. The van der Waals surface area contributed by atoms with Crippen LogP contribution in [0.3, 0.4) is 0 Å². The average molecular weight is 230 g/mol. The summed E-state index contributed by atoms with van der Waals surface area (Å²) in [5, 5.41) is 3.85. The Morgan fingerprint density at radius 2 is 2.33 bits per heavy atom. The molecule has 0 saturated carbocycles. The molecule has 1 aliphatic rings. The van der Waals surface area contributed by atoms with Gasteiger partial charge in [-0.2, -0.15) is 9.40 Å². The average Bonchev–Trinajstić information content (AvgIpc) is 2.74.